The summed E-state index contributed by atoms with van der Waals surface area (Å²) in [5.74, 6) is 0. The number of aryl methyl sites for hydroxylation is 2. The van der Waals surface area contributed by atoms with Crippen LogP contribution < -0.4 is 4.90 Å². The maximum atomic E-state index is 11.9. The van der Waals surface area contributed by atoms with Gasteiger partial charge in [0.25, 0.3) is 0 Å². The minimum atomic E-state index is -0.263. The molecule has 5 nitrogen and oxygen atoms in total. The lowest BCUT2D eigenvalue weighted by Gasteiger charge is -2.45. The Kier molecular flexibility index (Phi) is 4.30. The maximum Gasteiger partial charge on any atom is 0.410 e. The van der Waals surface area contributed by atoms with Crippen molar-refractivity contribution in [3.05, 3.63) is 29.3 Å². The molecule has 0 bridgehead atoms. The molecule has 0 saturated carbocycles. The van der Waals surface area contributed by atoms with E-state index in [-0.39, 0.29) is 11.7 Å². The van der Waals surface area contributed by atoms with Crippen molar-refractivity contribution in [2.24, 2.45) is 0 Å². The van der Waals surface area contributed by atoms with Gasteiger partial charge in [-0.2, -0.15) is 0 Å². The molecular formula is C22H31N3O2. The number of rotatable bonds is 2. The Morgan fingerprint density at radius 2 is 1.85 bits per heavy atom. The fourth-order valence-electron chi connectivity index (χ4n) is 5.69. The van der Waals surface area contributed by atoms with Crippen molar-refractivity contribution in [2.75, 3.05) is 44.7 Å². The van der Waals surface area contributed by atoms with Gasteiger partial charge in [-0.15, -0.1) is 0 Å². The molecule has 0 N–H and O–H groups in total. The number of anilines is 1. The van der Waals surface area contributed by atoms with Crippen molar-refractivity contribution in [1.29, 1.82) is 0 Å². The van der Waals surface area contributed by atoms with E-state index in [0.717, 1.165) is 45.6 Å². The van der Waals surface area contributed by atoms with E-state index < -0.39 is 0 Å². The van der Waals surface area contributed by atoms with Crippen LogP contribution in [0.1, 0.15) is 43.2 Å². The number of piperidine rings is 2. The summed E-state index contributed by atoms with van der Waals surface area (Å²) in [5, 5.41) is 0. The van der Waals surface area contributed by atoms with Crippen LogP contribution in [0.3, 0.4) is 0 Å². The molecule has 1 aromatic rings. The number of nitrogens with zero attached hydrogens (tertiary/aromatic N) is 3. The van der Waals surface area contributed by atoms with Crippen molar-refractivity contribution < 1.29 is 9.53 Å². The van der Waals surface area contributed by atoms with Gasteiger partial charge in [-0.05, 0) is 74.8 Å². The van der Waals surface area contributed by atoms with Crippen LogP contribution >= 0.6 is 0 Å². The van der Waals surface area contributed by atoms with E-state index in [2.05, 4.69) is 28.0 Å². The summed E-state index contributed by atoms with van der Waals surface area (Å²) in [4.78, 5) is 18.8. The van der Waals surface area contributed by atoms with E-state index in [1.54, 1.807) is 16.0 Å². The van der Waals surface area contributed by atoms with Gasteiger partial charge in [0.2, 0.25) is 0 Å². The van der Waals surface area contributed by atoms with Gasteiger partial charge in [0.15, 0.2) is 0 Å². The molecule has 1 spiro atoms. The third kappa shape index (κ3) is 3.20. The van der Waals surface area contributed by atoms with Crippen LogP contribution in [0.4, 0.5) is 10.5 Å². The Balaban J connectivity index is 1.21. The SMILES string of the molecule is CN1CC2(CCCN(C3CCN(c4ccc5c(c4)CCC5)CC3)C2)OC1=O. The number of hydrogen-bond donors (Lipinski definition) is 0. The largest absolute Gasteiger partial charge is 0.440 e. The van der Waals surface area contributed by atoms with Crippen LogP contribution in [-0.4, -0.2) is 67.3 Å². The number of ether oxygens (including phenoxy) is 1. The molecule has 1 unspecified atom stereocenters. The van der Waals surface area contributed by atoms with Crippen LogP contribution in [-0.2, 0) is 17.6 Å². The Morgan fingerprint density at radius 1 is 1.04 bits per heavy atom. The first-order valence-corrected chi connectivity index (χ1v) is 10.7. The van der Waals surface area contributed by atoms with Crippen molar-refractivity contribution in [1.82, 2.24) is 9.80 Å². The molecule has 0 aromatic heterocycles. The number of likely N-dealkylation sites (N-methyl/N-ethyl adjacent to an activating group) is 1. The molecule has 0 radical (unpaired) electrons. The highest BCUT2D eigenvalue weighted by atomic mass is 16.6. The van der Waals surface area contributed by atoms with E-state index in [0.29, 0.717) is 6.04 Å². The van der Waals surface area contributed by atoms with Crippen LogP contribution in [0.25, 0.3) is 0 Å². The van der Waals surface area contributed by atoms with Gasteiger partial charge in [0.1, 0.15) is 5.60 Å². The lowest BCUT2D eigenvalue weighted by molar-refractivity contribution is -0.0261. The first kappa shape index (κ1) is 17.4. The second-order valence-electron chi connectivity index (χ2n) is 9.01. The summed E-state index contributed by atoms with van der Waals surface area (Å²) in [6.45, 7) is 5.06. The van der Waals surface area contributed by atoms with Crippen molar-refractivity contribution in [3.8, 4) is 0 Å². The zero-order valence-electron chi connectivity index (χ0n) is 16.5. The zero-order valence-corrected chi connectivity index (χ0v) is 16.5. The molecule has 1 aromatic carbocycles. The molecule has 27 heavy (non-hydrogen) atoms. The minimum Gasteiger partial charge on any atom is -0.440 e. The van der Waals surface area contributed by atoms with Gasteiger partial charge in [-0.1, -0.05) is 6.07 Å². The molecule has 3 saturated heterocycles. The molecule has 3 fully saturated rings. The predicted octanol–water partition coefficient (Wildman–Crippen LogP) is 3.06. The van der Waals surface area contributed by atoms with Gasteiger partial charge in [0, 0.05) is 38.4 Å². The van der Waals surface area contributed by atoms with E-state index in [4.69, 9.17) is 4.74 Å². The predicted molar refractivity (Wildman–Crippen MR) is 106 cm³/mol. The van der Waals surface area contributed by atoms with Crippen LogP contribution in [0, 0.1) is 0 Å². The maximum absolute atomic E-state index is 11.9. The van der Waals surface area contributed by atoms with E-state index in [1.165, 1.54) is 37.8 Å². The van der Waals surface area contributed by atoms with Crippen molar-refractivity contribution >= 4 is 11.8 Å². The molecule has 1 atom stereocenters. The smallest absolute Gasteiger partial charge is 0.410 e. The quantitative estimate of drug-likeness (QED) is 0.803. The number of fused-ring (bicyclic) bond motifs is 1. The zero-order chi connectivity index (χ0) is 18.4. The van der Waals surface area contributed by atoms with E-state index >= 15 is 0 Å². The molecule has 5 rings (SSSR count). The molecule has 4 aliphatic rings. The average Bonchev–Trinajstić information content (AvgIpc) is 3.25. The van der Waals surface area contributed by atoms with Gasteiger partial charge in [-0.3, -0.25) is 4.90 Å². The molecule has 1 amide bonds. The Hall–Kier alpha value is -1.75. The molecule has 1 aliphatic carbocycles. The number of amides is 1. The highest BCUT2D eigenvalue weighted by molar-refractivity contribution is 5.70. The molecular weight excluding hydrogens is 338 g/mol. The number of carbonyl (C=O) groups excluding carboxylic acids is 1. The average molecular weight is 370 g/mol. The monoisotopic (exact) mass is 369 g/mol. The van der Waals surface area contributed by atoms with Crippen LogP contribution in [0.2, 0.25) is 0 Å². The van der Waals surface area contributed by atoms with Crippen LogP contribution in [0.15, 0.2) is 18.2 Å². The van der Waals surface area contributed by atoms with Gasteiger partial charge in [0.05, 0.1) is 6.54 Å². The van der Waals surface area contributed by atoms with Crippen molar-refractivity contribution in [2.45, 2.75) is 56.6 Å². The molecule has 5 heteroatoms. The summed E-state index contributed by atoms with van der Waals surface area (Å²) in [5.41, 5.74) is 4.28. The lowest BCUT2D eigenvalue weighted by Crippen LogP contribution is -2.55. The number of carbonyl (C=O) groups is 1. The third-order valence-electron chi connectivity index (χ3n) is 7.14. The summed E-state index contributed by atoms with van der Waals surface area (Å²) >= 11 is 0. The summed E-state index contributed by atoms with van der Waals surface area (Å²) in [6, 6.07) is 7.74. The topological polar surface area (TPSA) is 36.0 Å². The standard InChI is InChI=1S/C22H31N3O2/c1-23-15-22(27-21(23)26)10-3-11-25(16-22)19-8-12-24(13-9-19)20-7-6-17-4-2-5-18(17)14-20/h6-7,14,19H,2-5,8-13,15-16H2,1H3. The molecule has 146 valence electrons. The Morgan fingerprint density at radius 3 is 2.63 bits per heavy atom. The molecule has 3 aliphatic heterocycles. The normalized spacial score (nSPS) is 29.4. The number of likely N-dealkylation sites (tertiary alicyclic amines) is 1. The van der Waals surface area contributed by atoms with Gasteiger partial charge < -0.3 is 14.5 Å². The highest BCUT2D eigenvalue weighted by Crippen LogP contribution is 2.34. The van der Waals surface area contributed by atoms with Crippen molar-refractivity contribution in [3.63, 3.8) is 0 Å². The first-order chi connectivity index (χ1) is 13.1. The first-order valence-electron chi connectivity index (χ1n) is 10.7. The second kappa shape index (κ2) is 6.69. The van der Waals surface area contributed by atoms with Gasteiger partial charge in [-0.25, -0.2) is 4.79 Å². The Labute approximate surface area is 162 Å². The fraction of sp³-hybridized carbons (Fsp3) is 0.682. The third-order valence-corrected chi connectivity index (χ3v) is 7.14. The second-order valence-corrected chi connectivity index (χ2v) is 9.01. The lowest BCUT2D eigenvalue weighted by atomic mass is 9.90. The van der Waals surface area contributed by atoms with Gasteiger partial charge >= 0.3 is 6.09 Å². The number of benzene rings is 1. The summed E-state index contributed by atoms with van der Waals surface area (Å²) < 4.78 is 5.79. The van der Waals surface area contributed by atoms with Crippen LogP contribution in [0.5, 0.6) is 0 Å². The highest BCUT2D eigenvalue weighted by Gasteiger charge is 2.47. The van der Waals surface area contributed by atoms with E-state index in [1.807, 2.05) is 7.05 Å². The van der Waals surface area contributed by atoms with E-state index in [9.17, 15) is 4.79 Å². The molecule has 3 heterocycles. The number of hydrogen-bond acceptors (Lipinski definition) is 4. The minimum absolute atomic E-state index is 0.150. The fourth-order valence-corrected chi connectivity index (χ4v) is 5.69. The Bertz CT molecular complexity index is 728. The summed E-state index contributed by atoms with van der Waals surface area (Å²) in [6.07, 6.45) is 8.23. The summed E-state index contributed by atoms with van der Waals surface area (Å²) in [7, 11) is 1.85.